The summed E-state index contributed by atoms with van der Waals surface area (Å²) >= 11 is 8.37. The van der Waals surface area contributed by atoms with Gasteiger partial charge >= 0.3 is 5.97 Å². The minimum Gasteiger partial charge on any atom is -0.481 e. The molecule has 17 heteroatoms. The highest BCUT2D eigenvalue weighted by Gasteiger charge is 2.57. The topological polar surface area (TPSA) is 173 Å². The van der Waals surface area contributed by atoms with Crippen LogP contribution in [0.25, 0.3) is 0 Å². The van der Waals surface area contributed by atoms with E-state index in [9.17, 15) is 19.5 Å². The number of carboxylic acids is 1. The zero-order valence-electron chi connectivity index (χ0n) is 16.8. The summed E-state index contributed by atoms with van der Waals surface area (Å²) in [6, 6.07) is -0.818. The van der Waals surface area contributed by atoms with Crippen molar-refractivity contribution < 1.29 is 24.3 Å². The summed E-state index contributed by atoms with van der Waals surface area (Å²) in [5, 5.41) is 23.9. The SMILES string of the molecule is CON=C(C(=O)NC1C(=O)N2CC(CSc3nncs3)(C(=O)O)CS[C@H]12)c1nc(N)sc1Br. The average molecular weight is 595 g/mol. The molecule has 4 rings (SSSR count). The van der Waals surface area contributed by atoms with Gasteiger partial charge in [0.05, 0.1) is 0 Å². The van der Waals surface area contributed by atoms with E-state index in [1.54, 1.807) is 5.51 Å². The number of aliphatic carboxylic acids is 1. The second kappa shape index (κ2) is 9.73. The number of carbonyl (C=O) groups is 3. The van der Waals surface area contributed by atoms with E-state index in [4.69, 9.17) is 10.6 Å². The van der Waals surface area contributed by atoms with Gasteiger partial charge in [-0.05, 0) is 15.9 Å². The van der Waals surface area contributed by atoms with Crippen molar-refractivity contribution in [2.24, 2.45) is 10.6 Å². The molecule has 4 heterocycles. The lowest BCUT2D eigenvalue weighted by Crippen LogP contribution is -2.74. The van der Waals surface area contributed by atoms with Crippen molar-refractivity contribution in [1.29, 1.82) is 0 Å². The highest BCUT2D eigenvalue weighted by Crippen LogP contribution is 2.44. The van der Waals surface area contributed by atoms with Crippen LogP contribution in [0, 0.1) is 5.41 Å². The van der Waals surface area contributed by atoms with Crippen molar-refractivity contribution >= 4 is 90.8 Å². The van der Waals surface area contributed by atoms with Crippen LogP contribution in [0.5, 0.6) is 0 Å². The summed E-state index contributed by atoms with van der Waals surface area (Å²) < 4.78 is 1.17. The van der Waals surface area contributed by atoms with E-state index in [0.29, 0.717) is 8.13 Å². The number of oxime groups is 1. The molecule has 2 aromatic rings. The number of hydrogen-bond acceptors (Lipinski definition) is 13. The molecule has 2 aliphatic heterocycles. The first-order valence-corrected chi connectivity index (χ1v) is 13.7. The number of fused-ring (bicyclic) bond motifs is 1. The highest BCUT2D eigenvalue weighted by molar-refractivity contribution is 9.11. The second-order valence-corrected chi connectivity index (χ2v) is 12.5. The van der Waals surface area contributed by atoms with Crippen molar-refractivity contribution in [1.82, 2.24) is 25.4 Å². The third kappa shape index (κ3) is 4.68. The Labute approximate surface area is 211 Å². The molecule has 0 saturated carbocycles. The van der Waals surface area contributed by atoms with Gasteiger partial charge < -0.3 is 25.9 Å². The number of nitrogens with one attached hydrogen (secondary N) is 1. The predicted molar refractivity (Wildman–Crippen MR) is 128 cm³/mol. The zero-order valence-corrected chi connectivity index (χ0v) is 21.6. The number of hydrogen-bond donors (Lipinski definition) is 3. The Hall–Kier alpha value is -1.95. The van der Waals surface area contributed by atoms with E-state index in [1.807, 2.05) is 0 Å². The molecule has 2 fully saturated rings. The number of anilines is 1. The van der Waals surface area contributed by atoms with E-state index in [1.165, 1.54) is 46.9 Å². The summed E-state index contributed by atoms with van der Waals surface area (Å²) in [5.41, 5.74) is 6.22. The third-order valence-corrected chi connectivity index (χ3v) is 10.2. The molecule has 3 atom stereocenters. The van der Waals surface area contributed by atoms with Crippen molar-refractivity contribution in [3.63, 3.8) is 0 Å². The number of carbonyl (C=O) groups excluding carboxylic acids is 2. The Bertz CT molecular complexity index is 1110. The Balaban J connectivity index is 1.44. The molecule has 0 aliphatic carbocycles. The van der Waals surface area contributed by atoms with Gasteiger partial charge in [0.2, 0.25) is 5.91 Å². The first-order valence-electron chi connectivity index (χ1n) is 9.14. The van der Waals surface area contributed by atoms with Crippen molar-refractivity contribution in [2.75, 3.05) is 30.9 Å². The summed E-state index contributed by atoms with van der Waals surface area (Å²) in [4.78, 5) is 48.2. The molecule has 0 radical (unpaired) electrons. The number of nitrogens with zero attached hydrogens (tertiary/aromatic N) is 5. The molecule has 2 aliphatic rings. The molecule has 176 valence electrons. The summed E-state index contributed by atoms with van der Waals surface area (Å²) in [5.74, 6) is -1.46. The van der Waals surface area contributed by atoms with Gasteiger partial charge in [-0.25, -0.2) is 4.98 Å². The molecule has 2 saturated heterocycles. The van der Waals surface area contributed by atoms with E-state index in [0.717, 1.165) is 11.3 Å². The first-order chi connectivity index (χ1) is 15.8. The lowest BCUT2D eigenvalue weighted by atomic mass is 9.89. The normalized spacial score (nSPS) is 24.7. The van der Waals surface area contributed by atoms with Gasteiger partial charge in [-0.15, -0.1) is 22.0 Å². The van der Waals surface area contributed by atoms with Crippen LogP contribution in [-0.2, 0) is 19.2 Å². The molecule has 4 N–H and O–H groups in total. The summed E-state index contributed by atoms with van der Waals surface area (Å²) in [6.45, 7) is 0.0458. The van der Waals surface area contributed by atoms with Gasteiger partial charge in [-0.3, -0.25) is 14.4 Å². The van der Waals surface area contributed by atoms with Crippen molar-refractivity contribution in [3.05, 3.63) is 15.0 Å². The van der Waals surface area contributed by atoms with Crippen molar-refractivity contribution in [3.8, 4) is 0 Å². The lowest BCUT2D eigenvalue weighted by Gasteiger charge is -2.53. The highest BCUT2D eigenvalue weighted by atomic mass is 79.9. The largest absolute Gasteiger partial charge is 0.481 e. The van der Waals surface area contributed by atoms with Crippen LogP contribution >= 0.6 is 62.1 Å². The van der Waals surface area contributed by atoms with Gasteiger partial charge in [0.15, 0.2) is 15.2 Å². The standard InChI is InChI=1S/C16H16BrN7O5S4/c1-29-23-7(6-9(17)33-14(18)21-6)10(25)20-8-11(26)24-2-16(13(27)28,3-30-12(8)24)4-31-15-22-19-5-32-15/h5,8,12H,2-4H2,1H3,(H2,18,21)(H,20,25)(H,27,28)/t8?,12-,16?/m1/s1. The molecule has 33 heavy (non-hydrogen) atoms. The van der Waals surface area contributed by atoms with Gasteiger partial charge in [0, 0.05) is 18.1 Å². The van der Waals surface area contributed by atoms with Crippen LogP contribution in [-0.4, -0.2) is 85.3 Å². The number of carboxylic acid groups (broad SMARTS) is 1. The number of halogens is 1. The molecule has 2 aromatic heterocycles. The maximum atomic E-state index is 12.9. The number of nitrogens with two attached hydrogens (primary N) is 1. The van der Waals surface area contributed by atoms with Crippen LogP contribution < -0.4 is 11.1 Å². The van der Waals surface area contributed by atoms with Gasteiger partial charge in [0.1, 0.15) is 38.9 Å². The minimum atomic E-state index is -1.13. The Morgan fingerprint density at radius 2 is 2.33 bits per heavy atom. The molecule has 0 bridgehead atoms. The van der Waals surface area contributed by atoms with E-state index < -0.39 is 23.3 Å². The molecular formula is C16H16BrN7O5S4. The predicted octanol–water partition coefficient (Wildman–Crippen LogP) is 0.953. The van der Waals surface area contributed by atoms with E-state index in [2.05, 4.69) is 41.6 Å². The van der Waals surface area contributed by atoms with Crippen LogP contribution in [0.15, 0.2) is 18.8 Å². The maximum absolute atomic E-state index is 12.9. The Kier molecular flexibility index (Phi) is 7.13. The fraction of sp³-hybridized carbons (Fsp3) is 0.438. The monoisotopic (exact) mass is 593 g/mol. The fourth-order valence-electron chi connectivity index (χ4n) is 3.29. The summed E-state index contributed by atoms with van der Waals surface area (Å²) in [7, 11) is 1.29. The third-order valence-electron chi connectivity index (χ3n) is 4.92. The van der Waals surface area contributed by atoms with Crippen LogP contribution in [0.4, 0.5) is 5.13 Å². The van der Waals surface area contributed by atoms with Gasteiger partial charge in [0.25, 0.3) is 5.91 Å². The number of β-lactam (4-membered cyclic amide) rings is 1. The fourth-order valence-corrected chi connectivity index (χ4v) is 7.97. The van der Waals surface area contributed by atoms with Gasteiger partial charge in [-0.2, -0.15) is 0 Å². The minimum absolute atomic E-state index is 0.0458. The molecule has 0 spiro atoms. The number of nitrogen functional groups attached to an aromatic ring is 1. The molecule has 0 aromatic carbocycles. The number of amides is 2. The van der Waals surface area contributed by atoms with Crippen LogP contribution in [0.2, 0.25) is 0 Å². The average Bonchev–Trinajstić information content (AvgIpc) is 3.42. The zero-order chi connectivity index (χ0) is 23.8. The Morgan fingerprint density at radius 3 is 2.94 bits per heavy atom. The van der Waals surface area contributed by atoms with Crippen LogP contribution in [0.1, 0.15) is 5.69 Å². The number of rotatable bonds is 8. The quantitative estimate of drug-likeness (QED) is 0.172. The number of thioether (sulfide) groups is 2. The summed E-state index contributed by atoms with van der Waals surface area (Å²) in [6.07, 6.45) is 0. The van der Waals surface area contributed by atoms with Crippen molar-refractivity contribution in [2.45, 2.75) is 15.8 Å². The number of thiazole rings is 1. The van der Waals surface area contributed by atoms with Gasteiger partial charge in [-0.1, -0.05) is 39.6 Å². The smallest absolute Gasteiger partial charge is 0.313 e. The molecule has 2 unspecified atom stereocenters. The number of aromatic nitrogens is 3. The molecular weight excluding hydrogens is 578 g/mol. The van der Waals surface area contributed by atoms with E-state index >= 15 is 0 Å². The maximum Gasteiger partial charge on any atom is 0.313 e. The van der Waals surface area contributed by atoms with Crippen LogP contribution in [0.3, 0.4) is 0 Å². The molecule has 12 nitrogen and oxygen atoms in total. The van der Waals surface area contributed by atoms with E-state index in [-0.39, 0.29) is 45.9 Å². The second-order valence-electron chi connectivity index (χ2n) is 6.99. The lowest BCUT2D eigenvalue weighted by molar-refractivity contribution is -0.157. The molecule has 2 amide bonds. The first kappa shape index (κ1) is 24.2. The Morgan fingerprint density at radius 1 is 1.55 bits per heavy atom.